The van der Waals surface area contributed by atoms with Crippen LogP contribution >= 0.6 is 11.8 Å². The molecule has 3 heterocycles. The normalized spacial score (nSPS) is 24.4. The van der Waals surface area contributed by atoms with Crippen LogP contribution in [0.15, 0.2) is 21.8 Å². The molecule has 2 fully saturated rings. The number of fused-ring (bicyclic) bond motifs is 1. The average Bonchev–Trinajstić information content (AvgIpc) is 3.27. The first-order valence-electron chi connectivity index (χ1n) is 13.9. The third-order valence-corrected chi connectivity index (χ3v) is 9.37. The molecule has 1 aromatic heterocycles. The monoisotopic (exact) mass is 611 g/mol. The summed E-state index contributed by atoms with van der Waals surface area (Å²) in [6.07, 6.45) is 0.429. The molecular formula is C29H36F3N3O6S. The fraction of sp³-hybridized carbons (Fsp3) is 0.586. The molecule has 2 aromatic rings. The Bertz CT molecular complexity index is 1400. The number of H-pyrrole nitrogens is 1. The van der Waals surface area contributed by atoms with E-state index >= 15 is 0 Å². The van der Waals surface area contributed by atoms with E-state index in [9.17, 15) is 22.8 Å². The molecule has 0 spiro atoms. The van der Waals surface area contributed by atoms with Crippen LogP contribution in [0.4, 0.5) is 13.2 Å². The molecule has 230 valence electrons. The van der Waals surface area contributed by atoms with Crippen molar-refractivity contribution in [1.82, 2.24) is 15.2 Å². The number of halogens is 3. The zero-order valence-electron chi connectivity index (χ0n) is 24.3. The van der Waals surface area contributed by atoms with Crippen LogP contribution in [-0.2, 0) is 11.3 Å². The van der Waals surface area contributed by atoms with E-state index in [0.29, 0.717) is 27.8 Å². The smallest absolute Gasteiger partial charge is 0.448 e. The Balaban J connectivity index is 1.36. The number of aromatic amines is 1. The van der Waals surface area contributed by atoms with E-state index in [0.717, 1.165) is 44.8 Å². The SMILES string of the molecule is COC1CN(C2CCC(C3(C)Oc4c(OC(F)(F)F)cc(C(=O)NCc5c(SC)cc(C)[nH]c5=O)c(C)c4O3)CC2)C1. The topological polar surface area (TPSA) is 102 Å². The molecule has 1 unspecified atom stereocenters. The van der Waals surface area contributed by atoms with Crippen LogP contribution < -0.4 is 25.1 Å². The van der Waals surface area contributed by atoms with Crippen molar-refractivity contribution in [2.75, 3.05) is 26.5 Å². The van der Waals surface area contributed by atoms with E-state index < -0.39 is 23.8 Å². The van der Waals surface area contributed by atoms with Gasteiger partial charge in [0.25, 0.3) is 17.3 Å². The quantitative estimate of drug-likeness (QED) is 0.406. The largest absolute Gasteiger partial charge is 0.573 e. The minimum absolute atomic E-state index is 0.0511. The molecule has 1 aromatic carbocycles. The summed E-state index contributed by atoms with van der Waals surface area (Å²) in [5.74, 6) is -2.73. The summed E-state index contributed by atoms with van der Waals surface area (Å²) in [5.41, 5.74) is 0.941. The van der Waals surface area contributed by atoms with Crippen molar-refractivity contribution in [3.63, 3.8) is 0 Å². The molecule has 1 saturated carbocycles. The lowest BCUT2D eigenvalue weighted by Crippen LogP contribution is -2.57. The summed E-state index contributed by atoms with van der Waals surface area (Å²) in [6, 6.07) is 3.24. The van der Waals surface area contributed by atoms with E-state index in [4.69, 9.17) is 14.2 Å². The highest BCUT2D eigenvalue weighted by Crippen LogP contribution is 2.54. The lowest BCUT2D eigenvalue weighted by atomic mass is 9.80. The first kappa shape index (κ1) is 30.6. The number of nitrogens with zero attached hydrogens (tertiary/aromatic N) is 1. The molecular weight excluding hydrogens is 575 g/mol. The maximum absolute atomic E-state index is 13.5. The van der Waals surface area contributed by atoms with Gasteiger partial charge in [-0.15, -0.1) is 24.9 Å². The molecule has 0 bridgehead atoms. The second kappa shape index (κ2) is 11.6. The number of hydrogen-bond donors (Lipinski definition) is 2. The average molecular weight is 612 g/mol. The minimum Gasteiger partial charge on any atom is -0.448 e. The van der Waals surface area contributed by atoms with E-state index in [2.05, 4.69) is 19.9 Å². The van der Waals surface area contributed by atoms with Crippen LogP contribution in [0.3, 0.4) is 0 Å². The van der Waals surface area contributed by atoms with Crippen molar-refractivity contribution in [1.29, 1.82) is 0 Å². The number of methoxy groups -OCH3 is 1. The van der Waals surface area contributed by atoms with Crippen LogP contribution in [0.1, 0.15) is 59.8 Å². The third-order valence-electron chi connectivity index (χ3n) is 8.57. The number of carbonyl (C=O) groups is 1. The highest BCUT2D eigenvalue weighted by molar-refractivity contribution is 7.98. The minimum atomic E-state index is -5.02. The summed E-state index contributed by atoms with van der Waals surface area (Å²) in [5, 5.41) is 2.67. The number of ether oxygens (including phenoxy) is 4. The number of likely N-dealkylation sites (tertiary alicyclic amines) is 1. The van der Waals surface area contributed by atoms with E-state index in [1.807, 2.05) is 6.26 Å². The van der Waals surface area contributed by atoms with Gasteiger partial charge in [0.1, 0.15) is 0 Å². The van der Waals surface area contributed by atoms with Crippen molar-refractivity contribution in [2.45, 2.75) is 82.2 Å². The summed E-state index contributed by atoms with van der Waals surface area (Å²) in [6.45, 7) is 6.77. The number of nitrogens with one attached hydrogen (secondary N) is 2. The molecule has 1 amide bonds. The Kier molecular flexibility index (Phi) is 8.47. The molecule has 1 atom stereocenters. The van der Waals surface area contributed by atoms with Crippen molar-refractivity contribution in [3.8, 4) is 17.2 Å². The molecule has 5 rings (SSSR count). The zero-order valence-corrected chi connectivity index (χ0v) is 25.1. The van der Waals surface area contributed by atoms with Gasteiger partial charge < -0.3 is 29.2 Å². The molecule has 1 aliphatic carbocycles. The maximum Gasteiger partial charge on any atom is 0.573 e. The number of hydrogen-bond acceptors (Lipinski definition) is 8. The summed E-state index contributed by atoms with van der Waals surface area (Å²) in [4.78, 5) is 31.6. The number of pyridine rings is 1. The number of rotatable bonds is 8. The van der Waals surface area contributed by atoms with E-state index in [1.165, 1.54) is 11.8 Å². The Morgan fingerprint density at radius 1 is 1.17 bits per heavy atom. The zero-order chi connectivity index (χ0) is 30.4. The first-order chi connectivity index (χ1) is 19.8. The number of alkyl halides is 3. The van der Waals surface area contributed by atoms with Gasteiger partial charge in [-0.05, 0) is 57.9 Å². The number of carbonyl (C=O) groups excluding carboxylic acids is 1. The fourth-order valence-electron chi connectivity index (χ4n) is 6.14. The Hall–Kier alpha value is -2.90. The van der Waals surface area contributed by atoms with Gasteiger partial charge in [-0.25, -0.2) is 0 Å². The predicted molar refractivity (Wildman–Crippen MR) is 150 cm³/mol. The molecule has 3 aliphatic rings. The number of thioether (sulfide) groups is 1. The van der Waals surface area contributed by atoms with Crippen molar-refractivity contribution in [3.05, 3.63) is 44.9 Å². The van der Waals surface area contributed by atoms with E-state index in [-0.39, 0.29) is 41.2 Å². The molecule has 2 aliphatic heterocycles. The van der Waals surface area contributed by atoms with Gasteiger partial charge in [0, 0.05) is 72.9 Å². The van der Waals surface area contributed by atoms with Gasteiger partial charge in [0.05, 0.1) is 6.10 Å². The summed E-state index contributed by atoms with van der Waals surface area (Å²) in [7, 11) is 1.71. The van der Waals surface area contributed by atoms with Gasteiger partial charge >= 0.3 is 6.36 Å². The van der Waals surface area contributed by atoms with Crippen LogP contribution in [0, 0.1) is 19.8 Å². The van der Waals surface area contributed by atoms with Crippen molar-refractivity contribution >= 4 is 17.7 Å². The predicted octanol–water partition coefficient (Wildman–Crippen LogP) is 4.92. The number of aryl methyl sites for hydroxylation is 1. The van der Waals surface area contributed by atoms with Crippen LogP contribution in [-0.4, -0.2) is 66.5 Å². The van der Waals surface area contributed by atoms with Gasteiger partial charge in [0.15, 0.2) is 11.5 Å². The third kappa shape index (κ3) is 6.09. The van der Waals surface area contributed by atoms with Crippen LogP contribution in [0.2, 0.25) is 0 Å². The molecule has 0 radical (unpaired) electrons. The van der Waals surface area contributed by atoms with Crippen molar-refractivity contribution < 1.29 is 36.9 Å². The number of aromatic nitrogens is 1. The lowest BCUT2D eigenvalue weighted by molar-refractivity contribution is -0.275. The first-order valence-corrected chi connectivity index (χ1v) is 15.2. The Morgan fingerprint density at radius 2 is 1.83 bits per heavy atom. The van der Waals surface area contributed by atoms with Gasteiger partial charge in [-0.1, -0.05) is 0 Å². The van der Waals surface area contributed by atoms with E-state index in [1.54, 1.807) is 33.9 Å². The van der Waals surface area contributed by atoms with Crippen LogP contribution in [0.25, 0.3) is 0 Å². The van der Waals surface area contributed by atoms with Gasteiger partial charge in [-0.3, -0.25) is 14.5 Å². The van der Waals surface area contributed by atoms with Gasteiger partial charge in [-0.2, -0.15) is 0 Å². The number of amides is 1. The second-order valence-electron chi connectivity index (χ2n) is 11.3. The standard InChI is InChI=1S/C29H36F3N3O6S/c1-15-10-23(42-5)21(27(37)34-15)12-33-26(36)20-11-22(39-29(30,31)32)25-24(16(20)2)40-28(3,41-25)17-6-8-18(9-7-17)35-13-19(14-35)38-4/h10-11,17-19H,6-9,12-14H2,1-5H3,(H,33,36)(H,34,37). The van der Waals surface area contributed by atoms with Crippen LogP contribution in [0.5, 0.6) is 17.2 Å². The lowest BCUT2D eigenvalue weighted by Gasteiger charge is -2.47. The maximum atomic E-state index is 13.5. The second-order valence-corrected chi connectivity index (χ2v) is 12.1. The number of benzene rings is 1. The Morgan fingerprint density at radius 3 is 2.45 bits per heavy atom. The molecule has 42 heavy (non-hydrogen) atoms. The summed E-state index contributed by atoms with van der Waals surface area (Å²) < 4.78 is 62.5. The molecule has 9 nitrogen and oxygen atoms in total. The fourth-order valence-corrected chi connectivity index (χ4v) is 6.85. The highest BCUT2D eigenvalue weighted by Gasteiger charge is 2.49. The molecule has 13 heteroatoms. The van der Waals surface area contributed by atoms with Crippen molar-refractivity contribution in [2.24, 2.45) is 5.92 Å². The Labute approximate surface area is 246 Å². The highest BCUT2D eigenvalue weighted by atomic mass is 32.2. The summed E-state index contributed by atoms with van der Waals surface area (Å²) >= 11 is 1.36. The molecule has 2 N–H and O–H groups in total. The molecule has 1 saturated heterocycles. The van der Waals surface area contributed by atoms with Gasteiger partial charge in [0.2, 0.25) is 5.75 Å².